The van der Waals surface area contributed by atoms with E-state index in [2.05, 4.69) is 58.1 Å². The molecule has 2 aromatic rings. The number of thiazole rings is 1. The van der Waals surface area contributed by atoms with Gasteiger partial charge in [0.15, 0.2) is 0 Å². The van der Waals surface area contributed by atoms with Gasteiger partial charge in [0.05, 0.1) is 22.9 Å². The van der Waals surface area contributed by atoms with Crippen molar-refractivity contribution in [3.63, 3.8) is 0 Å². The maximum atomic E-state index is 12.6. The van der Waals surface area contributed by atoms with Crippen LogP contribution in [0.25, 0.3) is 0 Å². The van der Waals surface area contributed by atoms with Crippen molar-refractivity contribution in [2.75, 3.05) is 0 Å². The summed E-state index contributed by atoms with van der Waals surface area (Å²) in [4.78, 5) is 22.1. The Morgan fingerprint density at radius 1 is 1.35 bits per heavy atom. The number of amides is 1. The Morgan fingerprint density at radius 2 is 2.13 bits per heavy atom. The number of carbonyl (C=O) groups excluding carboxylic acids is 1. The molecule has 122 valence electrons. The molecule has 0 aliphatic heterocycles. The number of aryl methyl sites for hydroxylation is 1. The molecular weight excluding hydrogens is 374 g/mol. The van der Waals surface area contributed by atoms with Gasteiger partial charge in [0.2, 0.25) is 0 Å². The molecule has 6 heteroatoms. The summed E-state index contributed by atoms with van der Waals surface area (Å²) in [6.07, 6.45) is 6.49. The summed E-state index contributed by atoms with van der Waals surface area (Å²) < 4.78 is 0.987. The highest BCUT2D eigenvalue weighted by molar-refractivity contribution is 9.10. The van der Waals surface area contributed by atoms with Crippen LogP contribution in [-0.2, 0) is 11.8 Å². The van der Waals surface area contributed by atoms with E-state index in [0.29, 0.717) is 4.88 Å². The first-order chi connectivity index (χ1) is 10.8. The van der Waals surface area contributed by atoms with Crippen molar-refractivity contribution >= 4 is 33.2 Å². The van der Waals surface area contributed by atoms with E-state index in [1.165, 1.54) is 16.9 Å². The van der Waals surface area contributed by atoms with Crippen LogP contribution in [0.5, 0.6) is 0 Å². The van der Waals surface area contributed by atoms with Crippen LogP contribution in [0.1, 0.15) is 65.6 Å². The van der Waals surface area contributed by atoms with E-state index >= 15 is 0 Å². The van der Waals surface area contributed by atoms with Gasteiger partial charge in [-0.2, -0.15) is 0 Å². The molecule has 1 N–H and O–H groups in total. The minimum Gasteiger partial charge on any atom is -0.343 e. The normalized spacial score (nSPS) is 17.7. The third kappa shape index (κ3) is 3.63. The molecule has 1 aliphatic rings. The molecule has 3 rings (SSSR count). The summed E-state index contributed by atoms with van der Waals surface area (Å²) in [5.74, 6) is -0.0550. The zero-order valence-electron chi connectivity index (χ0n) is 13.5. The predicted molar refractivity (Wildman–Crippen MR) is 95.9 cm³/mol. The van der Waals surface area contributed by atoms with Crippen LogP contribution in [0, 0.1) is 0 Å². The number of pyridine rings is 1. The fraction of sp³-hybridized carbons (Fsp3) is 0.471. The van der Waals surface area contributed by atoms with Gasteiger partial charge in [0, 0.05) is 16.1 Å². The van der Waals surface area contributed by atoms with Gasteiger partial charge < -0.3 is 5.32 Å². The van der Waals surface area contributed by atoms with Crippen molar-refractivity contribution in [2.24, 2.45) is 0 Å². The number of fused-ring (bicyclic) bond motifs is 1. The second kappa shape index (κ2) is 6.32. The Balaban J connectivity index is 1.78. The first kappa shape index (κ1) is 16.6. The van der Waals surface area contributed by atoms with Crippen molar-refractivity contribution in [1.82, 2.24) is 15.3 Å². The third-order valence-electron chi connectivity index (χ3n) is 3.91. The first-order valence-corrected chi connectivity index (χ1v) is 9.37. The molecule has 0 bridgehead atoms. The second-order valence-corrected chi connectivity index (χ2v) is 8.84. The average Bonchev–Trinajstić information content (AvgIpc) is 2.97. The van der Waals surface area contributed by atoms with Crippen LogP contribution in [0.2, 0.25) is 0 Å². The maximum Gasteiger partial charge on any atom is 0.263 e. The first-order valence-electron chi connectivity index (χ1n) is 7.76. The van der Waals surface area contributed by atoms with E-state index in [0.717, 1.165) is 34.4 Å². The minimum absolute atomic E-state index is 0.0143. The van der Waals surface area contributed by atoms with Crippen molar-refractivity contribution < 1.29 is 4.79 Å². The highest BCUT2D eigenvalue weighted by Gasteiger charge is 2.26. The molecule has 0 aromatic carbocycles. The van der Waals surface area contributed by atoms with Gasteiger partial charge in [-0.05, 0) is 46.8 Å². The molecule has 0 saturated heterocycles. The van der Waals surface area contributed by atoms with Crippen LogP contribution in [-0.4, -0.2) is 15.9 Å². The third-order valence-corrected chi connectivity index (χ3v) is 5.77. The lowest BCUT2D eigenvalue weighted by atomic mass is 9.92. The van der Waals surface area contributed by atoms with Crippen LogP contribution in [0.3, 0.4) is 0 Å². The Labute approximate surface area is 148 Å². The van der Waals surface area contributed by atoms with Crippen LogP contribution < -0.4 is 5.32 Å². The van der Waals surface area contributed by atoms with Gasteiger partial charge >= 0.3 is 0 Å². The van der Waals surface area contributed by atoms with Gasteiger partial charge in [-0.3, -0.25) is 9.78 Å². The van der Waals surface area contributed by atoms with E-state index in [1.54, 1.807) is 12.4 Å². The number of aromatic nitrogens is 2. The van der Waals surface area contributed by atoms with Crippen LogP contribution in [0.4, 0.5) is 0 Å². The summed E-state index contributed by atoms with van der Waals surface area (Å²) in [6.45, 7) is 6.31. The molecule has 0 fully saturated rings. The smallest absolute Gasteiger partial charge is 0.263 e. The lowest BCUT2D eigenvalue weighted by molar-refractivity contribution is 0.0935. The Kier molecular flexibility index (Phi) is 4.56. The zero-order chi connectivity index (χ0) is 16.6. The van der Waals surface area contributed by atoms with E-state index in [1.807, 2.05) is 0 Å². The number of halogens is 1. The fourth-order valence-corrected chi connectivity index (χ4v) is 3.99. The van der Waals surface area contributed by atoms with Crippen molar-refractivity contribution in [2.45, 2.75) is 51.5 Å². The lowest BCUT2D eigenvalue weighted by Gasteiger charge is -2.25. The topological polar surface area (TPSA) is 54.9 Å². The number of carbonyl (C=O) groups is 1. The van der Waals surface area contributed by atoms with E-state index in [4.69, 9.17) is 0 Å². The van der Waals surface area contributed by atoms with Crippen molar-refractivity contribution in [1.29, 1.82) is 0 Å². The summed E-state index contributed by atoms with van der Waals surface area (Å²) >= 11 is 4.93. The largest absolute Gasteiger partial charge is 0.343 e. The molecule has 0 radical (unpaired) electrons. The lowest BCUT2D eigenvalue weighted by Crippen LogP contribution is -2.31. The molecule has 1 amide bonds. The second-order valence-electron chi connectivity index (χ2n) is 6.90. The van der Waals surface area contributed by atoms with E-state index in [9.17, 15) is 4.79 Å². The fourth-order valence-electron chi connectivity index (χ4n) is 2.73. The minimum atomic E-state index is -0.0550. The standard InChI is InChI=1S/C17H20BrN3OS/c1-17(2,3)16-20-9-13(23-16)15(22)21-12-6-4-5-10-7-11(18)8-19-14(10)12/h7-9,12H,4-6H2,1-3H3,(H,21,22)/t12-/m1/s1. The maximum absolute atomic E-state index is 12.6. The summed E-state index contributed by atoms with van der Waals surface area (Å²) in [5, 5.41) is 4.11. The van der Waals surface area contributed by atoms with Gasteiger partial charge in [-0.15, -0.1) is 11.3 Å². The number of hydrogen-bond donors (Lipinski definition) is 1. The Hall–Kier alpha value is -1.27. The summed E-state index contributed by atoms with van der Waals surface area (Å²) in [7, 11) is 0. The van der Waals surface area contributed by atoms with Crippen LogP contribution >= 0.6 is 27.3 Å². The molecule has 1 aliphatic carbocycles. The van der Waals surface area contributed by atoms with E-state index < -0.39 is 0 Å². The molecule has 4 nitrogen and oxygen atoms in total. The molecule has 2 aromatic heterocycles. The summed E-state index contributed by atoms with van der Waals surface area (Å²) in [6, 6.07) is 2.09. The Bertz CT molecular complexity index is 736. The number of nitrogens with zero attached hydrogens (tertiary/aromatic N) is 2. The highest BCUT2D eigenvalue weighted by atomic mass is 79.9. The van der Waals surface area contributed by atoms with Gasteiger partial charge in [-0.1, -0.05) is 20.8 Å². The number of hydrogen-bond acceptors (Lipinski definition) is 4. The van der Waals surface area contributed by atoms with Gasteiger partial charge in [0.25, 0.3) is 5.91 Å². The monoisotopic (exact) mass is 393 g/mol. The average molecular weight is 394 g/mol. The zero-order valence-corrected chi connectivity index (χ0v) is 15.9. The Morgan fingerprint density at radius 3 is 2.83 bits per heavy atom. The molecular formula is C17H20BrN3OS. The molecule has 0 spiro atoms. The quantitative estimate of drug-likeness (QED) is 0.821. The molecule has 0 saturated carbocycles. The number of nitrogens with one attached hydrogen (secondary N) is 1. The molecule has 23 heavy (non-hydrogen) atoms. The van der Waals surface area contributed by atoms with Crippen LogP contribution in [0.15, 0.2) is 22.9 Å². The van der Waals surface area contributed by atoms with Crippen molar-refractivity contribution in [3.8, 4) is 0 Å². The molecule has 2 heterocycles. The molecule has 1 atom stereocenters. The van der Waals surface area contributed by atoms with Gasteiger partial charge in [0.1, 0.15) is 4.88 Å². The predicted octanol–water partition coefficient (Wildman–Crippen LogP) is 4.41. The van der Waals surface area contributed by atoms with Gasteiger partial charge in [-0.25, -0.2) is 4.98 Å². The van der Waals surface area contributed by atoms with E-state index in [-0.39, 0.29) is 17.4 Å². The summed E-state index contributed by atoms with van der Waals surface area (Å²) in [5.41, 5.74) is 2.18. The number of rotatable bonds is 2. The SMILES string of the molecule is CC(C)(C)c1ncc(C(=O)N[C@@H]2CCCc3cc(Br)cnc32)s1. The van der Waals surface area contributed by atoms with Crippen molar-refractivity contribution in [3.05, 3.63) is 44.1 Å². The molecule has 0 unspecified atom stereocenters. The highest BCUT2D eigenvalue weighted by Crippen LogP contribution is 2.31.